The van der Waals surface area contributed by atoms with Crippen molar-refractivity contribution >= 4 is 17.4 Å². The van der Waals surface area contributed by atoms with Crippen LogP contribution < -0.4 is 4.90 Å². The van der Waals surface area contributed by atoms with Gasteiger partial charge in [-0.25, -0.2) is 0 Å². The van der Waals surface area contributed by atoms with Gasteiger partial charge >= 0.3 is 0 Å². The number of rotatable bonds is 4. The van der Waals surface area contributed by atoms with Crippen molar-refractivity contribution in [3.63, 3.8) is 0 Å². The Kier molecular flexibility index (Phi) is 4.10. The lowest BCUT2D eigenvalue weighted by atomic mass is 10.3. The maximum Gasteiger partial charge on any atom is 0.151 e. The van der Waals surface area contributed by atoms with Gasteiger partial charge < -0.3 is 10.0 Å². The van der Waals surface area contributed by atoms with Crippen molar-refractivity contribution in [1.29, 1.82) is 0 Å². The van der Waals surface area contributed by atoms with Crippen LogP contribution in [0.4, 0.5) is 5.82 Å². The highest BCUT2D eigenvalue weighted by Gasteiger charge is 2.04. The van der Waals surface area contributed by atoms with Crippen LogP contribution in [0.25, 0.3) is 0 Å². The zero-order valence-corrected chi connectivity index (χ0v) is 9.07. The third kappa shape index (κ3) is 3.47. The van der Waals surface area contributed by atoms with Gasteiger partial charge in [0.2, 0.25) is 0 Å². The fourth-order valence-corrected chi connectivity index (χ4v) is 1.11. The van der Waals surface area contributed by atoms with Gasteiger partial charge in [-0.15, -0.1) is 10.2 Å². The summed E-state index contributed by atoms with van der Waals surface area (Å²) in [6.07, 6.45) is 0.415. The van der Waals surface area contributed by atoms with E-state index in [0.717, 1.165) is 12.4 Å². The average Bonchev–Trinajstić information content (AvgIpc) is 2.15. The highest BCUT2D eigenvalue weighted by atomic mass is 35.5. The Balaban J connectivity index is 2.52. The van der Waals surface area contributed by atoms with Crippen LogP contribution in [0.3, 0.4) is 0 Å². The Labute approximate surface area is 88.5 Å². The topological polar surface area (TPSA) is 49.2 Å². The average molecular weight is 216 g/mol. The van der Waals surface area contributed by atoms with Gasteiger partial charge in [0.05, 0.1) is 6.10 Å². The standard InChI is InChI=1S/C9H14ClN3O/c1-7(14)5-6-13(2)9-4-3-8(10)11-12-9/h3-4,7,14H,5-6H2,1-2H3. The molecule has 0 amide bonds. The quantitative estimate of drug-likeness (QED) is 0.824. The largest absolute Gasteiger partial charge is 0.393 e. The van der Waals surface area contributed by atoms with E-state index >= 15 is 0 Å². The molecule has 4 nitrogen and oxygen atoms in total. The van der Waals surface area contributed by atoms with Crippen molar-refractivity contribution in [1.82, 2.24) is 10.2 Å². The van der Waals surface area contributed by atoms with E-state index in [1.807, 2.05) is 11.9 Å². The first kappa shape index (κ1) is 11.2. The van der Waals surface area contributed by atoms with Gasteiger partial charge in [0.15, 0.2) is 11.0 Å². The number of aliphatic hydroxyl groups is 1. The fraction of sp³-hybridized carbons (Fsp3) is 0.556. The van der Waals surface area contributed by atoms with Crippen molar-refractivity contribution in [2.75, 3.05) is 18.5 Å². The molecule has 0 fully saturated rings. The van der Waals surface area contributed by atoms with Gasteiger partial charge in [-0.3, -0.25) is 0 Å². The molecule has 0 spiro atoms. The molecule has 78 valence electrons. The molecule has 1 rings (SSSR count). The second-order valence-corrected chi connectivity index (χ2v) is 3.66. The molecule has 0 aliphatic rings. The number of anilines is 1. The van der Waals surface area contributed by atoms with Gasteiger partial charge in [-0.2, -0.15) is 0 Å². The minimum absolute atomic E-state index is 0.294. The molecule has 1 aromatic rings. The lowest BCUT2D eigenvalue weighted by Crippen LogP contribution is -2.22. The molecule has 1 atom stereocenters. The molecular formula is C9H14ClN3O. The zero-order chi connectivity index (χ0) is 10.6. The van der Waals surface area contributed by atoms with Crippen LogP contribution in [-0.4, -0.2) is 35.0 Å². The summed E-state index contributed by atoms with van der Waals surface area (Å²) in [4.78, 5) is 1.93. The van der Waals surface area contributed by atoms with Crippen LogP contribution in [0.5, 0.6) is 0 Å². The minimum atomic E-state index is -0.294. The summed E-state index contributed by atoms with van der Waals surface area (Å²) in [6.45, 7) is 2.51. The molecular weight excluding hydrogens is 202 g/mol. The molecule has 0 bridgehead atoms. The SMILES string of the molecule is CC(O)CCN(C)c1ccc(Cl)nn1. The molecule has 0 aliphatic heterocycles. The molecule has 1 heterocycles. The lowest BCUT2D eigenvalue weighted by Gasteiger charge is -2.17. The first-order chi connectivity index (χ1) is 6.59. The number of nitrogens with zero attached hydrogens (tertiary/aromatic N) is 3. The number of hydrogen-bond acceptors (Lipinski definition) is 4. The first-order valence-corrected chi connectivity index (χ1v) is 4.86. The fourth-order valence-electron chi connectivity index (χ4n) is 1.01. The second kappa shape index (κ2) is 5.12. The van der Waals surface area contributed by atoms with Crippen molar-refractivity contribution in [2.24, 2.45) is 0 Å². The van der Waals surface area contributed by atoms with Crippen LogP contribution in [0, 0.1) is 0 Å². The van der Waals surface area contributed by atoms with Gasteiger partial charge in [0.1, 0.15) is 0 Å². The Morgan fingerprint density at radius 1 is 1.50 bits per heavy atom. The molecule has 5 heteroatoms. The van der Waals surface area contributed by atoms with Crippen LogP contribution in [0.1, 0.15) is 13.3 Å². The predicted octanol–water partition coefficient (Wildman–Crippen LogP) is 1.34. The van der Waals surface area contributed by atoms with E-state index < -0.39 is 0 Å². The van der Waals surface area contributed by atoms with Crippen LogP contribution in [0.15, 0.2) is 12.1 Å². The third-order valence-electron chi connectivity index (χ3n) is 1.89. The number of aliphatic hydroxyl groups excluding tert-OH is 1. The van der Waals surface area contributed by atoms with Crippen LogP contribution in [0.2, 0.25) is 5.15 Å². The lowest BCUT2D eigenvalue weighted by molar-refractivity contribution is 0.187. The molecule has 0 aromatic carbocycles. The summed E-state index contributed by atoms with van der Waals surface area (Å²) in [5.41, 5.74) is 0. The molecule has 0 saturated carbocycles. The Bertz CT molecular complexity index is 276. The molecule has 0 saturated heterocycles. The molecule has 14 heavy (non-hydrogen) atoms. The summed E-state index contributed by atoms with van der Waals surface area (Å²) < 4.78 is 0. The van der Waals surface area contributed by atoms with Gasteiger partial charge in [-0.05, 0) is 25.5 Å². The van der Waals surface area contributed by atoms with Crippen molar-refractivity contribution < 1.29 is 5.11 Å². The van der Waals surface area contributed by atoms with Crippen LogP contribution in [-0.2, 0) is 0 Å². The van der Waals surface area contributed by atoms with E-state index in [2.05, 4.69) is 10.2 Å². The van der Waals surface area contributed by atoms with Gasteiger partial charge in [0.25, 0.3) is 0 Å². The van der Waals surface area contributed by atoms with E-state index in [-0.39, 0.29) is 6.10 Å². The van der Waals surface area contributed by atoms with E-state index in [1.165, 1.54) is 0 Å². The number of halogens is 1. The smallest absolute Gasteiger partial charge is 0.151 e. The number of hydrogen-bond donors (Lipinski definition) is 1. The number of aromatic nitrogens is 2. The minimum Gasteiger partial charge on any atom is -0.393 e. The van der Waals surface area contributed by atoms with Crippen molar-refractivity contribution in [2.45, 2.75) is 19.4 Å². The highest BCUT2D eigenvalue weighted by Crippen LogP contribution is 2.10. The highest BCUT2D eigenvalue weighted by molar-refractivity contribution is 6.29. The Morgan fingerprint density at radius 3 is 2.71 bits per heavy atom. The predicted molar refractivity (Wildman–Crippen MR) is 56.6 cm³/mol. The normalized spacial score (nSPS) is 12.6. The Morgan fingerprint density at radius 2 is 2.21 bits per heavy atom. The molecule has 1 aromatic heterocycles. The summed E-state index contributed by atoms with van der Waals surface area (Å²) in [5.74, 6) is 0.759. The summed E-state index contributed by atoms with van der Waals surface area (Å²) >= 11 is 5.61. The van der Waals surface area contributed by atoms with E-state index in [9.17, 15) is 0 Å². The molecule has 1 N–H and O–H groups in total. The van der Waals surface area contributed by atoms with E-state index in [1.54, 1.807) is 19.1 Å². The maximum absolute atomic E-state index is 9.11. The van der Waals surface area contributed by atoms with Gasteiger partial charge in [-0.1, -0.05) is 11.6 Å². The summed E-state index contributed by atoms with van der Waals surface area (Å²) in [5, 5.41) is 17.2. The maximum atomic E-state index is 9.11. The zero-order valence-electron chi connectivity index (χ0n) is 8.31. The molecule has 1 unspecified atom stereocenters. The molecule has 0 radical (unpaired) electrons. The third-order valence-corrected chi connectivity index (χ3v) is 2.09. The molecule has 0 aliphatic carbocycles. The summed E-state index contributed by atoms with van der Waals surface area (Å²) in [6, 6.07) is 3.50. The van der Waals surface area contributed by atoms with Crippen molar-refractivity contribution in [3.05, 3.63) is 17.3 Å². The Hall–Kier alpha value is -0.870. The van der Waals surface area contributed by atoms with Crippen molar-refractivity contribution in [3.8, 4) is 0 Å². The second-order valence-electron chi connectivity index (χ2n) is 3.27. The van der Waals surface area contributed by atoms with E-state index in [0.29, 0.717) is 11.6 Å². The summed E-state index contributed by atoms with van der Waals surface area (Å²) in [7, 11) is 1.90. The van der Waals surface area contributed by atoms with E-state index in [4.69, 9.17) is 16.7 Å². The first-order valence-electron chi connectivity index (χ1n) is 4.48. The van der Waals surface area contributed by atoms with Crippen LogP contribution >= 0.6 is 11.6 Å². The monoisotopic (exact) mass is 215 g/mol. The van der Waals surface area contributed by atoms with Gasteiger partial charge in [0, 0.05) is 13.6 Å².